The lowest BCUT2D eigenvalue weighted by Gasteiger charge is -2.05. The third-order valence-corrected chi connectivity index (χ3v) is 2.53. The van der Waals surface area contributed by atoms with E-state index in [0.717, 1.165) is 11.4 Å². The fourth-order valence-electron chi connectivity index (χ4n) is 1.46. The molecule has 0 bridgehead atoms. The van der Waals surface area contributed by atoms with E-state index in [1.165, 1.54) is 5.56 Å². The molecule has 2 rings (SSSR count). The molecule has 0 saturated carbocycles. The van der Waals surface area contributed by atoms with Gasteiger partial charge < -0.3 is 16.8 Å². The van der Waals surface area contributed by atoms with Gasteiger partial charge in [0.1, 0.15) is 0 Å². The fourth-order valence-corrected chi connectivity index (χ4v) is 1.58. The lowest BCUT2D eigenvalue weighted by Crippen LogP contribution is -2.11. The first-order valence-electron chi connectivity index (χ1n) is 5.39. The third kappa shape index (κ3) is 3.46. The normalized spacial score (nSPS) is 10.3. The van der Waals surface area contributed by atoms with E-state index in [4.69, 9.17) is 23.1 Å². The van der Waals surface area contributed by atoms with Crippen molar-refractivity contribution >= 4 is 29.4 Å². The minimum atomic E-state index is 0.108. The van der Waals surface area contributed by atoms with Gasteiger partial charge in [-0.3, -0.25) is 0 Å². The van der Waals surface area contributed by atoms with Crippen LogP contribution in [0.2, 0.25) is 5.02 Å². The van der Waals surface area contributed by atoms with Gasteiger partial charge in [-0.1, -0.05) is 23.7 Å². The summed E-state index contributed by atoms with van der Waals surface area (Å²) in [6.45, 7) is 0.671. The zero-order valence-corrected chi connectivity index (χ0v) is 10.4. The molecule has 0 spiro atoms. The maximum absolute atomic E-state index is 5.81. The van der Waals surface area contributed by atoms with E-state index in [2.05, 4.69) is 20.3 Å². The van der Waals surface area contributed by atoms with Crippen LogP contribution >= 0.6 is 11.6 Å². The minimum absolute atomic E-state index is 0.108. The van der Waals surface area contributed by atoms with Gasteiger partial charge in [0.25, 0.3) is 0 Å². The quantitative estimate of drug-likeness (QED) is 0.770. The predicted molar refractivity (Wildman–Crippen MR) is 72.3 cm³/mol. The van der Waals surface area contributed by atoms with Crippen LogP contribution in [0.15, 0.2) is 24.3 Å². The number of rotatable bonds is 4. The lowest BCUT2D eigenvalue weighted by atomic mass is 10.1. The Bertz CT molecular complexity index is 507. The van der Waals surface area contributed by atoms with Crippen molar-refractivity contribution in [3.8, 4) is 0 Å². The topological polar surface area (TPSA) is 103 Å². The fraction of sp³-hybridized carbons (Fsp3) is 0.182. The number of nitrogens with zero attached hydrogens (tertiary/aromatic N) is 3. The summed E-state index contributed by atoms with van der Waals surface area (Å²) >= 11 is 5.81. The van der Waals surface area contributed by atoms with Crippen LogP contribution in [0.1, 0.15) is 5.56 Å². The van der Waals surface area contributed by atoms with Gasteiger partial charge in [-0.05, 0) is 24.1 Å². The molecule has 0 aliphatic rings. The molecule has 0 atom stereocenters. The highest BCUT2D eigenvalue weighted by atomic mass is 35.5. The molecule has 5 N–H and O–H groups in total. The van der Waals surface area contributed by atoms with Gasteiger partial charge in [-0.2, -0.15) is 15.0 Å². The van der Waals surface area contributed by atoms with Gasteiger partial charge in [0, 0.05) is 11.6 Å². The van der Waals surface area contributed by atoms with Crippen molar-refractivity contribution in [3.63, 3.8) is 0 Å². The van der Waals surface area contributed by atoms with E-state index in [1.807, 2.05) is 24.3 Å². The van der Waals surface area contributed by atoms with Crippen LogP contribution in [0, 0.1) is 0 Å². The van der Waals surface area contributed by atoms with Crippen LogP contribution in [-0.4, -0.2) is 21.5 Å². The van der Waals surface area contributed by atoms with Crippen molar-refractivity contribution in [2.75, 3.05) is 23.3 Å². The van der Waals surface area contributed by atoms with Gasteiger partial charge in [0.15, 0.2) is 0 Å². The number of halogens is 1. The SMILES string of the molecule is Nc1nc(N)nc(NCCc2ccc(Cl)cc2)n1. The number of anilines is 3. The Morgan fingerprint density at radius 3 is 2.22 bits per heavy atom. The van der Waals surface area contributed by atoms with Gasteiger partial charge in [-0.15, -0.1) is 0 Å². The highest BCUT2D eigenvalue weighted by molar-refractivity contribution is 6.30. The molecular formula is C11H13ClN6. The average molecular weight is 265 g/mol. The summed E-state index contributed by atoms with van der Waals surface area (Å²) in [5.74, 6) is 0.599. The summed E-state index contributed by atoms with van der Waals surface area (Å²) in [5.41, 5.74) is 12.1. The predicted octanol–water partition coefficient (Wildman–Crippen LogP) is 1.34. The van der Waals surface area contributed by atoms with E-state index in [-0.39, 0.29) is 11.9 Å². The molecule has 1 aromatic carbocycles. The van der Waals surface area contributed by atoms with E-state index in [9.17, 15) is 0 Å². The van der Waals surface area contributed by atoms with Crippen LogP contribution in [0.3, 0.4) is 0 Å². The van der Waals surface area contributed by atoms with Crippen LogP contribution < -0.4 is 16.8 Å². The van der Waals surface area contributed by atoms with Crippen LogP contribution in [0.5, 0.6) is 0 Å². The molecule has 6 nitrogen and oxygen atoms in total. The molecule has 2 aromatic rings. The Hall–Kier alpha value is -2.08. The number of benzene rings is 1. The van der Waals surface area contributed by atoms with Crippen LogP contribution in [-0.2, 0) is 6.42 Å². The van der Waals surface area contributed by atoms with Crippen molar-refractivity contribution < 1.29 is 0 Å². The standard InChI is InChI=1S/C11H13ClN6/c12-8-3-1-7(2-4-8)5-6-15-11-17-9(13)16-10(14)18-11/h1-4H,5-6H2,(H5,13,14,15,16,17,18). The molecule has 94 valence electrons. The molecule has 0 unspecified atom stereocenters. The third-order valence-electron chi connectivity index (χ3n) is 2.28. The number of hydrogen-bond acceptors (Lipinski definition) is 6. The van der Waals surface area contributed by atoms with E-state index in [1.54, 1.807) is 0 Å². The van der Waals surface area contributed by atoms with E-state index < -0.39 is 0 Å². The van der Waals surface area contributed by atoms with Crippen molar-refractivity contribution in [1.82, 2.24) is 15.0 Å². The molecule has 0 radical (unpaired) electrons. The molecule has 7 heteroatoms. The summed E-state index contributed by atoms with van der Waals surface area (Å²) < 4.78 is 0. The number of aromatic nitrogens is 3. The Balaban J connectivity index is 1.90. The van der Waals surface area contributed by atoms with Gasteiger partial charge in [0.05, 0.1) is 0 Å². The van der Waals surface area contributed by atoms with Crippen molar-refractivity contribution in [1.29, 1.82) is 0 Å². The molecule has 1 heterocycles. The van der Waals surface area contributed by atoms with Gasteiger partial charge in [0.2, 0.25) is 17.8 Å². The van der Waals surface area contributed by atoms with Crippen LogP contribution in [0.4, 0.5) is 17.8 Å². The first-order chi connectivity index (χ1) is 8.63. The summed E-state index contributed by atoms with van der Waals surface area (Å²) in [6.07, 6.45) is 0.822. The van der Waals surface area contributed by atoms with Crippen LogP contribution in [0.25, 0.3) is 0 Å². The lowest BCUT2D eigenvalue weighted by molar-refractivity contribution is 0.972. The molecule has 0 aliphatic carbocycles. The largest absolute Gasteiger partial charge is 0.368 e. The number of nitrogen functional groups attached to an aromatic ring is 2. The molecule has 0 saturated heterocycles. The monoisotopic (exact) mass is 264 g/mol. The summed E-state index contributed by atoms with van der Waals surface area (Å²) in [7, 11) is 0. The highest BCUT2D eigenvalue weighted by Crippen LogP contribution is 2.10. The molecule has 1 aromatic heterocycles. The average Bonchev–Trinajstić information content (AvgIpc) is 2.30. The second kappa shape index (κ2) is 5.50. The Kier molecular flexibility index (Phi) is 3.78. The summed E-state index contributed by atoms with van der Waals surface area (Å²) in [6, 6.07) is 7.66. The summed E-state index contributed by atoms with van der Waals surface area (Å²) in [5, 5.41) is 3.76. The van der Waals surface area contributed by atoms with Crippen molar-refractivity contribution in [2.45, 2.75) is 6.42 Å². The molecule has 0 amide bonds. The first kappa shape index (κ1) is 12.4. The smallest absolute Gasteiger partial charge is 0.229 e. The molecule has 0 aliphatic heterocycles. The van der Waals surface area contributed by atoms with E-state index >= 15 is 0 Å². The minimum Gasteiger partial charge on any atom is -0.368 e. The highest BCUT2D eigenvalue weighted by Gasteiger charge is 2.01. The van der Waals surface area contributed by atoms with Gasteiger partial charge in [-0.25, -0.2) is 0 Å². The molecular weight excluding hydrogens is 252 g/mol. The Morgan fingerprint density at radius 2 is 1.61 bits per heavy atom. The molecule has 0 fully saturated rings. The van der Waals surface area contributed by atoms with Crippen molar-refractivity contribution in [3.05, 3.63) is 34.9 Å². The van der Waals surface area contributed by atoms with Crippen molar-refractivity contribution in [2.24, 2.45) is 0 Å². The Morgan fingerprint density at radius 1 is 1.00 bits per heavy atom. The second-order valence-electron chi connectivity index (χ2n) is 3.68. The van der Waals surface area contributed by atoms with Gasteiger partial charge >= 0.3 is 0 Å². The number of nitrogens with one attached hydrogen (secondary N) is 1. The summed E-state index contributed by atoms with van der Waals surface area (Å²) in [4.78, 5) is 11.5. The first-order valence-corrected chi connectivity index (χ1v) is 5.76. The Labute approximate surface area is 109 Å². The molecule has 18 heavy (non-hydrogen) atoms. The van der Waals surface area contributed by atoms with E-state index in [0.29, 0.717) is 12.5 Å². The zero-order chi connectivity index (χ0) is 13.0. The second-order valence-corrected chi connectivity index (χ2v) is 4.12. The number of hydrogen-bond donors (Lipinski definition) is 3. The number of nitrogens with two attached hydrogens (primary N) is 2. The maximum Gasteiger partial charge on any atom is 0.229 e. The zero-order valence-electron chi connectivity index (χ0n) is 9.60. The maximum atomic E-state index is 5.81.